The first kappa shape index (κ1) is 22.7. The van der Waals surface area contributed by atoms with Gasteiger partial charge in [0.1, 0.15) is 28.2 Å². The van der Waals surface area contributed by atoms with Crippen molar-refractivity contribution >= 4 is 29.1 Å². The van der Waals surface area contributed by atoms with Gasteiger partial charge in [0.15, 0.2) is 0 Å². The zero-order valence-corrected chi connectivity index (χ0v) is 16.9. The molecule has 2 aromatic rings. The molecule has 1 amide bonds. The van der Waals surface area contributed by atoms with Crippen molar-refractivity contribution in [2.24, 2.45) is 0 Å². The van der Waals surface area contributed by atoms with Gasteiger partial charge in [0.05, 0.1) is 16.9 Å². The van der Waals surface area contributed by atoms with Crippen molar-refractivity contribution in [2.75, 3.05) is 0 Å². The second-order valence-electron chi connectivity index (χ2n) is 7.10. The van der Waals surface area contributed by atoms with Crippen LogP contribution < -0.4 is 5.32 Å². The van der Waals surface area contributed by atoms with Gasteiger partial charge < -0.3 is 10.4 Å². The van der Waals surface area contributed by atoms with E-state index in [-0.39, 0.29) is 42.1 Å². The number of hydrogen-bond donors (Lipinski definition) is 2. The Morgan fingerprint density at radius 1 is 1.17 bits per heavy atom. The summed E-state index contributed by atoms with van der Waals surface area (Å²) < 4.78 is 52.0. The molecule has 0 bridgehead atoms. The lowest BCUT2D eigenvalue weighted by Crippen LogP contribution is -2.49. The van der Waals surface area contributed by atoms with E-state index in [4.69, 9.17) is 23.2 Å². The second kappa shape index (κ2) is 8.64. The summed E-state index contributed by atoms with van der Waals surface area (Å²) in [5, 5.41) is 13.2. The molecule has 5 nitrogen and oxygen atoms in total. The summed E-state index contributed by atoms with van der Waals surface area (Å²) in [6, 6.07) is 5.05. The number of nitrogens with one attached hydrogen (secondary N) is 1. The van der Waals surface area contributed by atoms with E-state index < -0.39 is 40.7 Å². The van der Waals surface area contributed by atoms with Crippen LogP contribution in [0.3, 0.4) is 0 Å². The number of rotatable bonds is 4. The van der Waals surface area contributed by atoms with Crippen molar-refractivity contribution in [1.29, 1.82) is 0 Å². The number of hydrogen-bond acceptors (Lipinski definition) is 4. The van der Waals surface area contributed by atoms with Crippen LogP contribution in [0, 0.1) is 0 Å². The Kier molecular flexibility index (Phi) is 6.54. The SMILES string of the molecule is O=C(NC(c1cccc(Cl)n1)[C@]1(O)CC[C@H](F)CC1)c1ccc(C(F)(F)F)nc1Cl. The van der Waals surface area contributed by atoms with Gasteiger partial charge in [-0.1, -0.05) is 29.3 Å². The number of carbonyl (C=O) groups excluding carboxylic acids is 1. The van der Waals surface area contributed by atoms with E-state index in [0.29, 0.717) is 6.07 Å². The Balaban J connectivity index is 1.92. The molecule has 1 saturated carbocycles. The van der Waals surface area contributed by atoms with Gasteiger partial charge in [0, 0.05) is 0 Å². The molecule has 2 N–H and O–H groups in total. The highest BCUT2D eigenvalue weighted by molar-refractivity contribution is 6.32. The first-order chi connectivity index (χ1) is 14.0. The Bertz CT molecular complexity index is 934. The molecule has 1 unspecified atom stereocenters. The number of nitrogens with zero attached hydrogens (tertiary/aromatic N) is 2. The third-order valence-corrected chi connectivity index (χ3v) is 5.51. The molecule has 1 aliphatic carbocycles. The Labute approximate surface area is 179 Å². The van der Waals surface area contributed by atoms with Crippen molar-refractivity contribution in [3.05, 3.63) is 57.6 Å². The summed E-state index contributed by atoms with van der Waals surface area (Å²) in [5.41, 5.74) is -2.84. The van der Waals surface area contributed by atoms with Crippen LogP contribution in [-0.2, 0) is 6.18 Å². The van der Waals surface area contributed by atoms with Crippen molar-refractivity contribution in [1.82, 2.24) is 15.3 Å². The van der Waals surface area contributed by atoms with Crippen LogP contribution >= 0.6 is 23.2 Å². The van der Waals surface area contributed by atoms with Crippen molar-refractivity contribution in [2.45, 2.75) is 49.7 Å². The minimum Gasteiger partial charge on any atom is -0.387 e. The molecule has 3 rings (SSSR count). The Hall–Kier alpha value is -1.97. The standard InChI is InChI=1S/C19H17Cl2F4N3O2/c20-14-3-1-2-12(26-14)15(18(30)8-6-10(22)7-9-18)28-17(29)11-4-5-13(19(23,24)25)27-16(11)21/h1-5,10,15,30H,6-9H2,(H,28,29)/t10-,15?,18-. The van der Waals surface area contributed by atoms with Gasteiger partial charge in [-0.2, -0.15) is 13.2 Å². The highest BCUT2D eigenvalue weighted by Gasteiger charge is 2.43. The lowest BCUT2D eigenvalue weighted by atomic mass is 9.77. The van der Waals surface area contributed by atoms with Crippen LogP contribution in [0.25, 0.3) is 0 Å². The largest absolute Gasteiger partial charge is 0.433 e. The van der Waals surface area contributed by atoms with Gasteiger partial charge in [-0.05, 0) is 49.9 Å². The summed E-state index contributed by atoms with van der Waals surface area (Å²) >= 11 is 11.7. The van der Waals surface area contributed by atoms with Crippen molar-refractivity contribution < 1.29 is 27.5 Å². The zero-order valence-electron chi connectivity index (χ0n) is 15.4. The number of aliphatic hydroxyl groups is 1. The average Bonchev–Trinajstić information content (AvgIpc) is 2.67. The smallest absolute Gasteiger partial charge is 0.387 e. The average molecular weight is 466 g/mol. The number of aromatic nitrogens is 2. The lowest BCUT2D eigenvalue weighted by molar-refractivity contribution is -0.141. The summed E-state index contributed by atoms with van der Waals surface area (Å²) in [5.74, 6) is -0.858. The van der Waals surface area contributed by atoms with Crippen LogP contribution in [0.1, 0.15) is 53.5 Å². The molecule has 0 spiro atoms. The number of halogens is 6. The molecule has 0 aromatic carbocycles. The number of pyridine rings is 2. The molecular weight excluding hydrogens is 449 g/mol. The molecule has 1 atom stereocenters. The van der Waals surface area contributed by atoms with Crippen molar-refractivity contribution in [3.8, 4) is 0 Å². The fourth-order valence-corrected chi connectivity index (χ4v) is 3.82. The Morgan fingerprint density at radius 3 is 2.40 bits per heavy atom. The van der Waals surface area contributed by atoms with Gasteiger partial charge in [0.25, 0.3) is 5.91 Å². The number of alkyl halides is 4. The van der Waals surface area contributed by atoms with Crippen LogP contribution in [0.4, 0.5) is 17.6 Å². The second-order valence-corrected chi connectivity index (χ2v) is 7.85. The number of amides is 1. The van der Waals surface area contributed by atoms with Crippen LogP contribution in [0.15, 0.2) is 30.3 Å². The molecule has 2 aromatic heterocycles. The molecule has 0 radical (unpaired) electrons. The molecule has 2 heterocycles. The minimum atomic E-state index is -4.72. The zero-order chi connectivity index (χ0) is 22.1. The minimum absolute atomic E-state index is 0.0479. The third kappa shape index (κ3) is 5.01. The first-order valence-electron chi connectivity index (χ1n) is 9.03. The highest BCUT2D eigenvalue weighted by atomic mass is 35.5. The predicted octanol–water partition coefficient (Wildman–Crippen LogP) is 4.92. The molecule has 1 fully saturated rings. The van der Waals surface area contributed by atoms with Gasteiger partial charge in [-0.3, -0.25) is 4.79 Å². The topological polar surface area (TPSA) is 75.1 Å². The highest BCUT2D eigenvalue weighted by Crippen LogP contribution is 2.39. The molecule has 162 valence electrons. The first-order valence-corrected chi connectivity index (χ1v) is 9.79. The summed E-state index contributed by atoms with van der Waals surface area (Å²) in [4.78, 5) is 20.1. The normalized spacial score (nSPS) is 23.1. The summed E-state index contributed by atoms with van der Waals surface area (Å²) in [6.07, 6.45) is -5.51. The van der Waals surface area contributed by atoms with Crippen molar-refractivity contribution in [3.63, 3.8) is 0 Å². The maximum absolute atomic E-state index is 13.6. The van der Waals surface area contributed by atoms with Crippen LogP contribution in [-0.4, -0.2) is 32.8 Å². The maximum atomic E-state index is 13.6. The fourth-order valence-electron chi connectivity index (χ4n) is 3.41. The maximum Gasteiger partial charge on any atom is 0.433 e. The van der Waals surface area contributed by atoms with Crippen LogP contribution in [0.5, 0.6) is 0 Å². The van der Waals surface area contributed by atoms with Crippen LogP contribution in [0.2, 0.25) is 10.3 Å². The van der Waals surface area contributed by atoms with E-state index in [1.54, 1.807) is 6.07 Å². The van der Waals surface area contributed by atoms with Gasteiger partial charge in [-0.25, -0.2) is 14.4 Å². The summed E-state index contributed by atoms with van der Waals surface area (Å²) in [6.45, 7) is 0. The monoisotopic (exact) mass is 465 g/mol. The summed E-state index contributed by atoms with van der Waals surface area (Å²) in [7, 11) is 0. The molecule has 30 heavy (non-hydrogen) atoms. The molecular formula is C19H17Cl2F4N3O2. The predicted molar refractivity (Wildman–Crippen MR) is 102 cm³/mol. The van der Waals surface area contributed by atoms with E-state index in [2.05, 4.69) is 15.3 Å². The van der Waals surface area contributed by atoms with E-state index in [9.17, 15) is 27.5 Å². The Morgan fingerprint density at radius 2 is 1.83 bits per heavy atom. The quantitative estimate of drug-likeness (QED) is 0.496. The van der Waals surface area contributed by atoms with Gasteiger partial charge in [0.2, 0.25) is 0 Å². The molecule has 1 aliphatic rings. The number of carbonyl (C=O) groups is 1. The van der Waals surface area contributed by atoms with E-state index in [1.807, 2.05) is 0 Å². The fraction of sp³-hybridized carbons (Fsp3) is 0.421. The third-order valence-electron chi connectivity index (χ3n) is 5.01. The molecule has 0 saturated heterocycles. The van der Waals surface area contributed by atoms with Gasteiger partial charge >= 0.3 is 6.18 Å². The molecule has 0 aliphatic heterocycles. The van der Waals surface area contributed by atoms with E-state index in [0.717, 1.165) is 6.07 Å². The lowest BCUT2D eigenvalue weighted by Gasteiger charge is -2.40. The van der Waals surface area contributed by atoms with E-state index >= 15 is 0 Å². The van der Waals surface area contributed by atoms with Gasteiger partial charge in [-0.15, -0.1) is 0 Å². The van der Waals surface area contributed by atoms with E-state index in [1.165, 1.54) is 12.1 Å². The molecule has 11 heteroatoms.